The Morgan fingerprint density at radius 2 is 2.05 bits per heavy atom. The SMILES string of the molecule is CN(C)C(=O)CC1CNCC(=O)N1Cc1ccc(F)cc1. The zero-order valence-electron chi connectivity index (χ0n) is 12.3. The molecule has 114 valence electrons. The van der Waals surface area contributed by atoms with Gasteiger partial charge in [-0.25, -0.2) is 4.39 Å². The second-order valence-electron chi connectivity index (χ2n) is 5.43. The van der Waals surface area contributed by atoms with E-state index in [1.807, 2.05) is 0 Å². The van der Waals surface area contributed by atoms with Gasteiger partial charge in [-0.1, -0.05) is 12.1 Å². The molecular weight excluding hydrogens is 273 g/mol. The van der Waals surface area contributed by atoms with Crippen molar-refractivity contribution in [2.45, 2.75) is 19.0 Å². The highest BCUT2D eigenvalue weighted by atomic mass is 19.1. The highest BCUT2D eigenvalue weighted by Gasteiger charge is 2.29. The molecule has 1 unspecified atom stereocenters. The largest absolute Gasteiger partial charge is 0.349 e. The van der Waals surface area contributed by atoms with Crippen molar-refractivity contribution in [3.63, 3.8) is 0 Å². The minimum absolute atomic E-state index is 0.0133. The molecule has 0 radical (unpaired) electrons. The molecule has 1 N–H and O–H groups in total. The number of halogens is 1. The van der Waals surface area contributed by atoms with E-state index in [4.69, 9.17) is 0 Å². The predicted molar refractivity (Wildman–Crippen MR) is 76.9 cm³/mol. The van der Waals surface area contributed by atoms with Gasteiger partial charge >= 0.3 is 0 Å². The summed E-state index contributed by atoms with van der Waals surface area (Å²) in [6.45, 7) is 1.26. The van der Waals surface area contributed by atoms with Crippen LogP contribution >= 0.6 is 0 Å². The van der Waals surface area contributed by atoms with Gasteiger partial charge in [0.05, 0.1) is 12.6 Å². The van der Waals surface area contributed by atoms with Gasteiger partial charge in [0, 0.05) is 33.6 Å². The van der Waals surface area contributed by atoms with Gasteiger partial charge in [0.15, 0.2) is 0 Å². The maximum absolute atomic E-state index is 12.9. The lowest BCUT2D eigenvalue weighted by Gasteiger charge is -2.36. The quantitative estimate of drug-likeness (QED) is 0.885. The van der Waals surface area contributed by atoms with Crippen molar-refractivity contribution < 1.29 is 14.0 Å². The van der Waals surface area contributed by atoms with Crippen LogP contribution in [0.4, 0.5) is 4.39 Å². The number of hydrogen-bond donors (Lipinski definition) is 1. The maximum Gasteiger partial charge on any atom is 0.237 e. The molecular formula is C15H20FN3O2. The van der Waals surface area contributed by atoms with Gasteiger partial charge in [0.25, 0.3) is 0 Å². The highest BCUT2D eigenvalue weighted by Crippen LogP contribution is 2.15. The second-order valence-corrected chi connectivity index (χ2v) is 5.43. The summed E-state index contributed by atoms with van der Waals surface area (Å²) in [6, 6.07) is 5.90. The molecule has 2 rings (SSSR count). The Bertz CT molecular complexity index is 516. The van der Waals surface area contributed by atoms with Crippen LogP contribution in [0.2, 0.25) is 0 Å². The molecule has 0 aromatic heterocycles. The fraction of sp³-hybridized carbons (Fsp3) is 0.467. The number of carbonyl (C=O) groups is 2. The molecule has 6 heteroatoms. The van der Waals surface area contributed by atoms with Crippen molar-refractivity contribution in [2.24, 2.45) is 0 Å². The maximum atomic E-state index is 12.9. The first-order valence-electron chi connectivity index (χ1n) is 6.92. The van der Waals surface area contributed by atoms with Crippen molar-refractivity contribution >= 4 is 11.8 Å². The number of nitrogens with one attached hydrogen (secondary N) is 1. The van der Waals surface area contributed by atoms with Crippen LogP contribution in [0.1, 0.15) is 12.0 Å². The number of nitrogens with zero attached hydrogens (tertiary/aromatic N) is 2. The molecule has 21 heavy (non-hydrogen) atoms. The van der Waals surface area contributed by atoms with Crippen LogP contribution in [0, 0.1) is 5.82 Å². The van der Waals surface area contributed by atoms with Crippen molar-refractivity contribution in [3.8, 4) is 0 Å². The Labute approximate surface area is 123 Å². The molecule has 0 saturated carbocycles. The van der Waals surface area contributed by atoms with E-state index in [-0.39, 0.29) is 36.6 Å². The minimum atomic E-state index is -0.301. The van der Waals surface area contributed by atoms with E-state index in [1.165, 1.54) is 17.0 Å². The highest BCUT2D eigenvalue weighted by molar-refractivity contribution is 5.81. The Morgan fingerprint density at radius 3 is 2.67 bits per heavy atom. The predicted octanol–water partition coefficient (Wildman–Crippen LogP) is 0.604. The lowest BCUT2D eigenvalue weighted by atomic mass is 10.1. The Kier molecular flexibility index (Phi) is 4.90. The fourth-order valence-corrected chi connectivity index (χ4v) is 2.33. The van der Waals surface area contributed by atoms with Gasteiger partial charge in [0.1, 0.15) is 5.82 Å². The molecule has 1 fully saturated rings. The van der Waals surface area contributed by atoms with Gasteiger partial charge in [0.2, 0.25) is 11.8 Å². The first-order chi connectivity index (χ1) is 9.97. The molecule has 1 aliphatic heterocycles. The number of piperazine rings is 1. The summed E-state index contributed by atoms with van der Waals surface area (Å²) in [5, 5.41) is 3.03. The summed E-state index contributed by atoms with van der Waals surface area (Å²) in [5.74, 6) is -0.354. The minimum Gasteiger partial charge on any atom is -0.349 e. The third-order valence-electron chi connectivity index (χ3n) is 3.59. The van der Waals surface area contributed by atoms with E-state index >= 15 is 0 Å². The summed E-state index contributed by atoms with van der Waals surface area (Å²) >= 11 is 0. The molecule has 2 amide bonds. The van der Waals surface area contributed by atoms with Crippen molar-refractivity contribution in [3.05, 3.63) is 35.6 Å². The average Bonchev–Trinajstić information content (AvgIpc) is 2.44. The number of rotatable bonds is 4. The van der Waals surface area contributed by atoms with E-state index < -0.39 is 0 Å². The van der Waals surface area contributed by atoms with Gasteiger partial charge in [-0.15, -0.1) is 0 Å². The van der Waals surface area contributed by atoms with Gasteiger partial charge in [-0.05, 0) is 17.7 Å². The molecule has 1 aromatic carbocycles. The number of benzene rings is 1. The van der Waals surface area contributed by atoms with Gasteiger partial charge in [-0.3, -0.25) is 9.59 Å². The molecule has 0 bridgehead atoms. The summed E-state index contributed by atoms with van der Waals surface area (Å²) < 4.78 is 12.9. The van der Waals surface area contributed by atoms with Gasteiger partial charge in [-0.2, -0.15) is 0 Å². The molecule has 1 aliphatic rings. The average molecular weight is 293 g/mol. The normalized spacial score (nSPS) is 18.7. The van der Waals surface area contributed by atoms with E-state index in [0.717, 1.165) is 5.56 Å². The number of amides is 2. The monoisotopic (exact) mass is 293 g/mol. The third kappa shape index (κ3) is 4.01. The van der Waals surface area contributed by atoms with Crippen LogP contribution in [-0.4, -0.2) is 54.8 Å². The number of carbonyl (C=O) groups excluding carboxylic acids is 2. The molecule has 1 atom stereocenters. The van der Waals surface area contributed by atoms with Crippen LogP contribution in [0.5, 0.6) is 0 Å². The Hall–Kier alpha value is -1.95. The fourth-order valence-electron chi connectivity index (χ4n) is 2.33. The van der Waals surface area contributed by atoms with E-state index in [0.29, 0.717) is 13.1 Å². The molecule has 1 heterocycles. The lowest BCUT2D eigenvalue weighted by Crippen LogP contribution is -2.55. The van der Waals surface area contributed by atoms with Crippen molar-refractivity contribution in [1.29, 1.82) is 0 Å². The van der Waals surface area contributed by atoms with Gasteiger partial charge < -0.3 is 15.1 Å². The number of hydrogen-bond acceptors (Lipinski definition) is 3. The summed E-state index contributed by atoms with van der Waals surface area (Å²) in [6.07, 6.45) is 0.285. The second kappa shape index (κ2) is 6.67. The Morgan fingerprint density at radius 1 is 1.38 bits per heavy atom. The third-order valence-corrected chi connectivity index (χ3v) is 3.59. The molecule has 5 nitrogen and oxygen atoms in total. The summed E-state index contributed by atoms with van der Waals surface area (Å²) in [7, 11) is 3.40. The van der Waals surface area contributed by atoms with E-state index in [1.54, 1.807) is 31.1 Å². The van der Waals surface area contributed by atoms with Crippen LogP contribution in [0.15, 0.2) is 24.3 Å². The van der Waals surface area contributed by atoms with Crippen molar-refractivity contribution in [1.82, 2.24) is 15.1 Å². The molecule has 1 saturated heterocycles. The topological polar surface area (TPSA) is 52.7 Å². The van der Waals surface area contributed by atoms with E-state index in [2.05, 4.69) is 5.32 Å². The van der Waals surface area contributed by atoms with E-state index in [9.17, 15) is 14.0 Å². The van der Waals surface area contributed by atoms with Crippen LogP contribution in [0.25, 0.3) is 0 Å². The molecule has 0 spiro atoms. The Balaban J connectivity index is 2.09. The van der Waals surface area contributed by atoms with Crippen LogP contribution in [-0.2, 0) is 16.1 Å². The van der Waals surface area contributed by atoms with Crippen molar-refractivity contribution in [2.75, 3.05) is 27.2 Å². The smallest absolute Gasteiger partial charge is 0.237 e. The zero-order chi connectivity index (χ0) is 15.4. The summed E-state index contributed by atoms with van der Waals surface area (Å²) in [5.41, 5.74) is 0.856. The van der Waals surface area contributed by atoms with Crippen LogP contribution in [0.3, 0.4) is 0 Å². The zero-order valence-corrected chi connectivity index (χ0v) is 12.3. The standard InChI is InChI=1S/C15H20FN3O2/c1-18(2)14(20)7-13-8-17-9-15(21)19(13)10-11-3-5-12(16)6-4-11/h3-6,13,17H,7-10H2,1-2H3. The summed E-state index contributed by atoms with van der Waals surface area (Å²) in [4.78, 5) is 27.2. The molecule has 0 aliphatic carbocycles. The van der Waals surface area contributed by atoms with Crippen LogP contribution < -0.4 is 5.32 Å². The lowest BCUT2D eigenvalue weighted by molar-refractivity contribution is -0.138. The molecule has 1 aromatic rings. The first-order valence-corrected chi connectivity index (χ1v) is 6.92. The first kappa shape index (κ1) is 15.4.